The fourth-order valence-electron chi connectivity index (χ4n) is 0.436. The lowest BCUT2D eigenvalue weighted by atomic mass is 10.9. The third kappa shape index (κ3) is 6.55. The Morgan fingerprint density at radius 3 is 1.13 bits per heavy atom. The average molecular weight is 286 g/mol. The highest BCUT2D eigenvalue weighted by Gasteiger charge is 2.52. The number of aliphatic hydroxyl groups excluding tert-OH is 1. The maximum atomic E-state index is 10.4. The minimum Gasteiger partial charge on any atom is -0.397 e. The van der Waals surface area contributed by atoms with Gasteiger partial charge in [-0.2, -0.15) is 12.9 Å². The van der Waals surface area contributed by atoms with Crippen molar-refractivity contribution in [2.24, 2.45) is 0 Å². The number of rotatable bonds is 0. The molecule has 0 amide bonds. The van der Waals surface area contributed by atoms with Crippen LogP contribution in [0.5, 0.6) is 0 Å². The van der Waals surface area contributed by atoms with Gasteiger partial charge in [-0.1, -0.05) is 0 Å². The molecule has 1 saturated heterocycles. The maximum absolute atomic E-state index is 10.4. The normalized spacial score (nSPS) is 45.4. The summed E-state index contributed by atoms with van der Waals surface area (Å²) in [5.74, 6) is 0. The predicted molar refractivity (Wildman–Crippen MR) is 45.5 cm³/mol. The first-order valence-electron chi connectivity index (χ1n) is 3.27. The van der Waals surface area contributed by atoms with E-state index in [1.807, 2.05) is 0 Å². The second kappa shape index (κ2) is 5.16. The molecule has 0 spiro atoms. The fourth-order valence-corrected chi connectivity index (χ4v) is 4.73. The third-order valence-electron chi connectivity index (χ3n) is 0.619. The van der Waals surface area contributed by atoms with Crippen molar-refractivity contribution in [2.45, 2.75) is 6.92 Å². The standard InChI is InChI=1S/C2H6O.H3O9P3/c1-2-3;1-10(2)7-11(3,4)9-12(5,6)8-10/h3H,2H2,1H3;(H,1,2)(H,3,4)(H,5,6). The van der Waals surface area contributed by atoms with Crippen molar-refractivity contribution in [2.75, 3.05) is 6.61 Å². The molecule has 13 heteroatoms. The molecule has 4 N–H and O–H groups in total. The molecular weight excluding hydrogens is 277 g/mol. The molecule has 1 fully saturated rings. The van der Waals surface area contributed by atoms with Crippen LogP contribution in [0.1, 0.15) is 6.92 Å². The quantitative estimate of drug-likeness (QED) is 0.457. The highest BCUT2D eigenvalue weighted by Crippen LogP contribution is 2.78. The summed E-state index contributed by atoms with van der Waals surface area (Å²) in [4.78, 5) is 25.2. The molecule has 0 aliphatic carbocycles. The molecule has 1 aliphatic rings. The highest BCUT2D eigenvalue weighted by atomic mass is 31.3. The monoisotopic (exact) mass is 286 g/mol. The minimum absolute atomic E-state index is 0.250. The van der Waals surface area contributed by atoms with Crippen LogP contribution in [-0.4, -0.2) is 26.4 Å². The summed E-state index contributed by atoms with van der Waals surface area (Å²) in [5, 5.41) is 7.57. The first kappa shape index (κ1) is 15.4. The summed E-state index contributed by atoms with van der Waals surface area (Å²) < 4.78 is 41.6. The maximum Gasteiger partial charge on any atom is 0.490 e. The number of phosphoric acid groups is 3. The Bertz CT molecular complexity index is 276. The number of hydrogen-bond acceptors (Lipinski definition) is 7. The van der Waals surface area contributed by atoms with Gasteiger partial charge >= 0.3 is 23.5 Å². The van der Waals surface area contributed by atoms with Crippen LogP contribution >= 0.6 is 23.5 Å². The van der Waals surface area contributed by atoms with Gasteiger partial charge in [0.1, 0.15) is 0 Å². The van der Waals surface area contributed by atoms with Gasteiger partial charge in [0.25, 0.3) is 0 Å². The van der Waals surface area contributed by atoms with Gasteiger partial charge in [0.15, 0.2) is 0 Å². The van der Waals surface area contributed by atoms with Gasteiger partial charge in [-0.25, -0.2) is 13.7 Å². The topological polar surface area (TPSA) is 160 Å². The van der Waals surface area contributed by atoms with Gasteiger partial charge < -0.3 is 19.8 Å². The summed E-state index contributed by atoms with van der Waals surface area (Å²) in [6.07, 6.45) is 0. The third-order valence-corrected chi connectivity index (χ3v) is 5.57. The van der Waals surface area contributed by atoms with Crippen molar-refractivity contribution in [3.63, 3.8) is 0 Å². The lowest BCUT2D eigenvalue weighted by molar-refractivity contribution is 0.163. The van der Waals surface area contributed by atoms with E-state index in [0.717, 1.165) is 0 Å². The van der Waals surface area contributed by atoms with Crippen LogP contribution in [0, 0.1) is 0 Å². The Morgan fingerprint density at radius 2 is 1.00 bits per heavy atom. The summed E-state index contributed by atoms with van der Waals surface area (Å²) in [6, 6.07) is 0. The molecule has 1 heterocycles. The first-order valence-corrected chi connectivity index (χ1v) is 7.75. The molecule has 0 aromatic rings. The van der Waals surface area contributed by atoms with E-state index in [-0.39, 0.29) is 6.61 Å². The zero-order valence-electron chi connectivity index (χ0n) is 7.29. The lowest BCUT2D eigenvalue weighted by Crippen LogP contribution is -2.02. The molecule has 0 aromatic heterocycles. The SMILES string of the molecule is CCO.O=P1(O)OP(=O)(O)OP(=O)(O)O1. The van der Waals surface area contributed by atoms with Crippen LogP contribution in [0.4, 0.5) is 0 Å². The number of hydrogen-bond donors (Lipinski definition) is 4. The molecule has 0 aromatic carbocycles. The molecular formula is C2H9O10P3. The van der Waals surface area contributed by atoms with Crippen molar-refractivity contribution in [3.05, 3.63) is 0 Å². The number of aliphatic hydroxyl groups is 1. The molecule has 15 heavy (non-hydrogen) atoms. The Kier molecular flexibility index (Phi) is 5.30. The summed E-state index contributed by atoms with van der Waals surface area (Å²) >= 11 is 0. The molecule has 10 nitrogen and oxygen atoms in total. The zero-order chi connectivity index (χ0) is 12.3. The van der Waals surface area contributed by atoms with E-state index in [2.05, 4.69) is 12.9 Å². The summed E-state index contributed by atoms with van der Waals surface area (Å²) in [5.41, 5.74) is 0. The highest BCUT2D eigenvalue weighted by molar-refractivity contribution is 7.74. The van der Waals surface area contributed by atoms with E-state index in [1.54, 1.807) is 6.92 Å². The van der Waals surface area contributed by atoms with Crippen molar-refractivity contribution >= 4 is 23.5 Å². The van der Waals surface area contributed by atoms with Gasteiger partial charge in [0.2, 0.25) is 0 Å². The Morgan fingerprint density at radius 1 is 0.867 bits per heavy atom. The molecule has 1 aliphatic heterocycles. The smallest absolute Gasteiger partial charge is 0.397 e. The second-order valence-corrected chi connectivity index (χ2v) is 6.74. The van der Waals surface area contributed by atoms with Crippen LogP contribution in [0.15, 0.2) is 0 Å². The van der Waals surface area contributed by atoms with Crippen LogP contribution in [-0.2, 0) is 26.6 Å². The fraction of sp³-hybridized carbons (Fsp3) is 1.00. The Balaban J connectivity index is 0.000000583. The van der Waals surface area contributed by atoms with Crippen LogP contribution in [0.3, 0.4) is 0 Å². The average Bonchev–Trinajstić information content (AvgIpc) is 1.74. The van der Waals surface area contributed by atoms with Crippen LogP contribution in [0.2, 0.25) is 0 Å². The molecule has 1 rings (SSSR count). The van der Waals surface area contributed by atoms with Gasteiger partial charge in [-0.05, 0) is 6.92 Å². The Labute approximate surface area is 84.3 Å². The van der Waals surface area contributed by atoms with Crippen LogP contribution in [0.25, 0.3) is 0 Å². The van der Waals surface area contributed by atoms with Crippen molar-refractivity contribution < 1.29 is 46.4 Å². The van der Waals surface area contributed by atoms with E-state index in [0.29, 0.717) is 0 Å². The molecule has 0 atom stereocenters. The van der Waals surface area contributed by atoms with Gasteiger partial charge in [-0.3, -0.25) is 0 Å². The van der Waals surface area contributed by atoms with E-state index in [4.69, 9.17) is 19.8 Å². The largest absolute Gasteiger partial charge is 0.490 e. The molecule has 0 bridgehead atoms. The van der Waals surface area contributed by atoms with E-state index in [9.17, 15) is 13.7 Å². The second-order valence-electron chi connectivity index (χ2n) is 1.97. The van der Waals surface area contributed by atoms with Crippen LogP contribution < -0.4 is 0 Å². The Hall–Kier alpha value is 0.410. The van der Waals surface area contributed by atoms with Gasteiger partial charge in [0, 0.05) is 6.61 Å². The van der Waals surface area contributed by atoms with E-state index < -0.39 is 23.5 Å². The van der Waals surface area contributed by atoms with Crippen molar-refractivity contribution in [3.8, 4) is 0 Å². The summed E-state index contributed by atoms with van der Waals surface area (Å²) in [7, 11) is -14.9. The van der Waals surface area contributed by atoms with E-state index in [1.165, 1.54) is 0 Å². The molecule has 92 valence electrons. The van der Waals surface area contributed by atoms with Crippen molar-refractivity contribution in [1.82, 2.24) is 0 Å². The minimum atomic E-state index is -4.98. The van der Waals surface area contributed by atoms with Gasteiger partial charge in [-0.15, -0.1) is 0 Å². The zero-order valence-corrected chi connectivity index (χ0v) is 9.97. The first-order chi connectivity index (χ1) is 6.54. The molecule has 0 unspecified atom stereocenters. The summed E-state index contributed by atoms with van der Waals surface area (Å²) in [6.45, 7) is 1.93. The van der Waals surface area contributed by atoms with Crippen molar-refractivity contribution in [1.29, 1.82) is 0 Å². The molecule has 0 radical (unpaired) electrons. The molecule has 0 saturated carbocycles. The lowest BCUT2D eigenvalue weighted by Gasteiger charge is -2.23. The van der Waals surface area contributed by atoms with Gasteiger partial charge in [0.05, 0.1) is 0 Å². The van der Waals surface area contributed by atoms with E-state index >= 15 is 0 Å². The predicted octanol–water partition coefficient (Wildman–Crippen LogP) is 0.350.